The molecule has 4 aromatic rings. The molecule has 0 saturated carbocycles. The van der Waals surface area contributed by atoms with E-state index in [1.807, 2.05) is 30.3 Å². The van der Waals surface area contributed by atoms with Crippen LogP contribution in [-0.2, 0) is 0 Å². The van der Waals surface area contributed by atoms with E-state index >= 15 is 0 Å². The van der Waals surface area contributed by atoms with Gasteiger partial charge in [0, 0.05) is 29.7 Å². The molecule has 4 rings (SSSR count). The van der Waals surface area contributed by atoms with Crippen LogP contribution >= 0.6 is 0 Å². The number of nitro benzene ring substituents is 1. The molecule has 7 heteroatoms. The lowest BCUT2D eigenvalue weighted by atomic mass is 9.90. The van der Waals surface area contributed by atoms with Crippen LogP contribution in [0.5, 0.6) is 0 Å². The Kier molecular flexibility index (Phi) is 7.95. The van der Waals surface area contributed by atoms with Crippen LogP contribution in [0.2, 0.25) is 0 Å². The van der Waals surface area contributed by atoms with E-state index in [9.17, 15) is 29.0 Å². The summed E-state index contributed by atoms with van der Waals surface area (Å²) in [5.74, 6) is -1.17. The van der Waals surface area contributed by atoms with Gasteiger partial charge in [-0.25, -0.2) is 8.78 Å². The van der Waals surface area contributed by atoms with Crippen molar-refractivity contribution in [2.75, 3.05) is 0 Å². The molecule has 0 aliphatic rings. The SMILES string of the molecule is N#CC(=C(C=C(CC(=O)c1ccc(F)cc1)c1ccccc1)c1ccc(F)cc1)c1ccc([N+](=O)[O-])cc1. The molecule has 0 saturated heterocycles. The lowest BCUT2D eigenvalue weighted by Gasteiger charge is -2.13. The highest BCUT2D eigenvalue weighted by atomic mass is 19.1. The second-order valence-electron chi connectivity index (χ2n) is 8.35. The van der Waals surface area contributed by atoms with Crippen LogP contribution in [0, 0.1) is 33.1 Å². The van der Waals surface area contributed by atoms with Gasteiger partial charge >= 0.3 is 0 Å². The standard InChI is InChI=1S/C31H20F2N2O3/c32-26-12-6-22(7-13-26)29(30(20-34)23-10-16-28(17-11-23)35(37)38)18-25(21-4-2-1-3-5-21)19-31(36)24-8-14-27(33)15-9-24/h1-18H,19H2. The number of hydrogen-bond donors (Lipinski definition) is 0. The van der Waals surface area contributed by atoms with E-state index in [2.05, 4.69) is 6.07 Å². The summed E-state index contributed by atoms with van der Waals surface area (Å²) in [6.07, 6.45) is 1.64. The number of halogens is 2. The maximum atomic E-state index is 13.8. The zero-order valence-corrected chi connectivity index (χ0v) is 20.0. The Balaban J connectivity index is 1.91. The summed E-state index contributed by atoms with van der Waals surface area (Å²) in [6.45, 7) is 0. The van der Waals surface area contributed by atoms with E-state index in [0.717, 1.165) is 5.56 Å². The van der Waals surface area contributed by atoms with Crippen LogP contribution in [0.15, 0.2) is 109 Å². The lowest BCUT2D eigenvalue weighted by Crippen LogP contribution is -2.02. The van der Waals surface area contributed by atoms with Crippen molar-refractivity contribution in [2.45, 2.75) is 6.42 Å². The molecule has 0 spiro atoms. The van der Waals surface area contributed by atoms with Crippen LogP contribution in [-0.4, -0.2) is 10.7 Å². The molecule has 186 valence electrons. The van der Waals surface area contributed by atoms with E-state index in [0.29, 0.717) is 27.8 Å². The van der Waals surface area contributed by atoms with E-state index in [1.165, 1.54) is 72.8 Å². The zero-order valence-electron chi connectivity index (χ0n) is 20.0. The van der Waals surface area contributed by atoms with Gasteiger partial charge in [-0.15, -0.1) is 0 Å². The molecule has 0 unspecified atom stereocenters. The fourth-order valence-corrected chi connectivity index (χ4v) is 3.93. The number of allylic oxidation sites excluding steroid dienone is 4. The number of nitriles is 1. The third-order valence-corrected chi connectivity index (χ3v) is 5.88. The molecular weight excluding hydrogens is 486 g/mol. The molecule has 0 aliphatic heterocycles. The van der Waals surface area contributed by atoms with Crippen molar-refractivity contribution in [2.24, 2.45) is 0 Å². The summed E-state index contributed by atoms with van der Waals surface area (Å²) in [5, 5.41) is 21.3. The summed E-state index contributed by atoms with van der Waals surface area (Å²) in [6, 6.07) is 27.6. The van der Waals surface area contributed by atoms with Gasteiger partial charge in [0.25, 0.3) is 5.69 Å². The average Bonchev–Trinajstić information content (AvgIpc) is 2.94. The number of benzene rings is 4. The molecule has 0 amide bonds. The topological polar surface area (TPSA) is 84.0 Å². The van der Waals surface area contributed by atoms with Crippen molar-refractivity contribution in [3.05, 3.63) is 153 Å². The first-order valence-electron chi connectivity index (χ1n) is 11.6. The smallest absolute Gasteiger partial charge is 0.269 e. The number of ketones is 1. The molecule has 0 fully saturated rings. The molecule has 0 aromatic heterocycles. The molecular formula is C31H20F2N2O3. The fraction of sp³-hybridized carbons (Fsp3) is 0.0323. The molecule has 0 aliphatic carbocycles. The van der Waals surface area contributed by atoms with E-state index in [1.54, 1.807) is 6.08 Å². The highest BCUT2D eigenvalue weighted by molar-refractivity contribution is 6.07. The van der Waals surface area contributed by atoms with Gasteiger partial charge in [-0.3, -0.25) is 14.9 Å². The maximum Gasteiger partial charge on any atom is 0.269 e. The maximum absolute atomic E-state index is 13.8. The minimum atomic E-state index is -0.533. The van der Waals surface area contributed by atoms with Crippen molar-refractivity contribution in [1.82, 2.24) is 0 Å². The highest BCUT2D eigenvalue weighted by Crippen LogP contribution is 2.33. The number of carbonyl (C=O) groups is 1. The Morgan fingerprint density at radius 3 is 1.82 bits per heavy atom. The number of nitro groups is 1. The van der Waals surface area contributed by atoms with E-state index in [-0.39, 0.29) is 23.5 Å². The predicted octanol–water partition coefficient (Wildman–Crippen LogP) is 7.66. The number of carbonyl (C=O) groups excluding carboxylic acids is 1. The number of non-ortho nitro benzene ring substituents is 1. The number of hydrogen-bond acceptors (Lipinski definition) is 4. The van der Waals surface area contributed by atoms with Gasteiger partial charge in [0.1, 0.15) is 17.7 Å². The normalized spacial score (nSPS) is 11.9. The summed E-state index contributed by atoms with van der Waals surface area (Å²) >= 11 is 0. The first-order valence-corrected chi connectivity index (χ1v) is 11.6. The minimum absolute atomic E-state index is 0.0562. The van der Waals surface area contributed by atoms with Crippen molar-refractivity contribution >= 4 is 28.2 Å². The Bertz CT molecular complexity index is 1570. The minimum Gasteiger partial charge on any atom is -0.294 e. The Morgan fingerprint density at radius 1 is 0.763 bits per heavy atom. The van der Waals surface area contributed by atoms with Gasteiger partial charge in [-0.1, -0.05) is 42.5 Å². The van der Waals surface area contributed by atoms with Crippen molar-refractivity contribution in [3.8, 4) is 6.07 Å². The first kappa shape index (κ1) is 25.9. The van der Waals surface area contributed by atoms with Crippen molar-refractivity contribution < 1.29 is 18.5 Å². The third kappa shape index (κ3) is 6.12. The molecule has 38 heavy (non-hydrogen) atoms. The first-order chi connectivity index (χ1) is 18.4. The zero-order chi connectivity index (χ0) is 27.1. The molecule has 0 heterocycles. The van der Waals surface area contributed by atoms with Crippen LogP contribution in [0.3, 0.4) is 0 Å². The Morgan fingerprint density at radius 2 is 1.29 bits per heavy atom. The van der Waals surface area contributed by atoms with Crippen molar-refractivity contribution in [3.63, 3.8) is 0 Å². The second kappa shape index (κ2) is 11.7. The van der Waals surface area contributed by atoms with Crippen LogP contribution in [0.1, 0.15) is 33.5 Å². The van der Waals surface area contributed by atoms with Gasteiger partial charge in [0.15, 0.2) is 5.78 Å². The van der Waals surface area contributed by atoms with Gasteiger partial charge in [0.2, 0.25) is 0 Å². The summed E-state index contributed by atoms with van der Waals surface area (Å²) in [7, 11) is 0. The van der Waals surface area contributed by atoms with E-state index < -0.39 is 16.6 Å². The van der Waals surface area contributed by atoms with Crippen LogP contribution in [0.25, 0.3) is 16.7 Å². The second-order valence-corrected chi connectivity index (χ2v) is 8.35. The molecule has 5 nitrogen and oxygen atoms in total. The third-order valence-electron chi connectivity index (χ3n) is 5.88. The van der Waals surface area contributed by atoms with Crippen molar-refractivity contribution in [1.29, 1.82) is 5.26 Å². The average molecular weight is 507 g/mol. The Labute approximate surface area is 217 Å². The molecule has 0 N–H and O–H groups in total. The Hall–Kier alpha value is -5.22. The predicted molar refractivity (Wildman–Crippen MR) is 142 cm³/mol. The number of rotatable bonds is 8. The van der Waals surface area contributed by atoms with Gasteiger partial charge < -0.3 is 0 Å². The molecule has 4 aromatic carbocycles. The van der Waals surface area contributed by atoms with E-state index in [4.69, 9.17) is 0 Å². The number of nitrogens with zero attached hydrogens (tertiary/aromatic N) is 2. The summed E-state index contributed by atoms with van der Waals surface area (Å²) < 4.78 is 27.2. The molecule has 0 atom stereocenters. The summed E-state index contributed by atoms with van der Waals surface area (Å²) in [4.78, 5) is 23.7. The van der Waals surface area contributed by atoms with Crippen LogP contribution in [0.4, 0.5) is 14.5 Å². The largest absolute Gasteiger partial charge is 0.294 e. The lowest BCUT2D eigenvalue weighted by molar-refractivity contribution is -0.384. The van der Waals surface area contributed by atoms with Gasteiger partial charge in [-0.05, 0) is 76.9 Å². The van der Waals surface area contributed by atoms with Gasteiger partial charge in [0.05, 0.1) is 10.5 Å². The fourth-order valence-electron chi connectivity index (χ4n) is 3.93. The molecule has 0 radical (unpaired) electrons. The highest BCUT2D eigenvalue weighted by Gasteiger charge is 2.16. The number of Topliss-reactive ketones (excluding diaryl/α,β-unsaturated/α-hetero) is 1. The summed E-state index contributed by atoms with van der Waals surface area (Å²) in [5.41, 5.74) is 3.05. The van der Waals surface area contributed by atoms with Gasteiger partial charge in [-0.2, -0.15) is 5.26 Å². The quantitative estimate of drug-likeness (QED) is 0.0613. The monoisotopic (exact) mass is 506 g/mol. The van der Waals surface area contributed by atoms with Crippen LogP contribution < -0.4 is 0 Å². The molecule has 0 bridgehead atoms.